The Morgan fingerprint density at radius 2 is 1.69 bits per heavy atom. The van der Waals surface area contributed by atoms with Gasteiger partial charge in [-0.15, -0.1) is 0 Å². The van der Waals surface area contributed by atoms with Crippen molar-refractivity contribution < 1.29 is 24.1 Å². The molecule has 0 bridgehead atoms. The van der Waals surface area contributed by atoms with Gasteiger partial charge in [0.15, 0.2) is 0 Å². The molecule has 3 aliphatic carbocycles. The molecule has 3 unspecified atom stereocenters. The average Bonchev–Trinajstić information content (AvgIpc) is 3.32. The fourth-order valence-electron chi connectivity index (χ4n) is 9.18. The van der Waals surface area contributed by atoms with E-state index in [9.17, 15) is 15.0 Å². The van der Waals surface area contributed by atoms with Crippen molar-refractivity contribution in [3.8, 4) is 11.5 Å². The highest BCUT2D eigenvalue weighted by Gasteiger charge is 2.59. The Morgan fingerprint density at radius 3 is 2.40 bits per heavy atom. The lowest BCUT2D eigenvalue weighted by Gasteiger charge is -2.54. The number of fused-ring (bicyclic) bond motifs is 5. The molecule has 2 aromatic rings. The Morgan fingerprint density at radius 1 is 0.978 bits per heavy atom. The molecular weight excluding hydrogens is 565 g/mol. The Bertz CT molecular complexity index is 1250. The molecule has 0 aromatic heterocycles. The summed E-state index contributed by atoms with van der Waals surface area (Å²) in [6, 6.07) is 13.1. The lowest BCUT2D eigenvalue weighted by molar-refractivity contribution is -0.0722. The maximum atomic E-state index is 16.1. The summed E-state index contributed by atoms with van der Waals surface area (Å²) < 4.78 is 21.6. The van der Waals surface area contributed by atoms with Gasteiger partial charge < -0.3 is 19.8 Å². The molecule has 2 aromatic carbocycles. The average molecular weight is 622 g/mol. The minimum absolute atomic E-state index is 0.101. The zero-order valence-electron chi connectivity index (χ0n) is 27.9. The molecule has 7 atom stereocenters. The number of hydrogen-bond donors (Lipinski definition) is 2. The number of unbranched alkanes of at least 4 members (excludes halogenated alkanes) is 6. The van der Waals surface area contributed by atoms with E-state index in [1.165, 1.54) is 12.8 Å². The molecule has 3 aliphatic rings. The number of amides is 1. The predicted molar refractivity (Wildman–Crippen MR) is 179 cm³/mol. The normalized spacial score (nSPS) is 28.6. The molecule has 0 saturated heterocycles. The maximum absolute atomic E-state index is 16.1. The number of nitrogens with zero attached hydrogens (tertiary/aromatic N) is 1. The third-order valence-electron chi connectivity index (χ3n) is 11.5. The summed E-state index contributed by atoms with van der Waals surface area (Å²) in [6.45, 7) is 8.46. The smallest absolute Gasteiger partial charge is 0.253 e. The van der Waals surface area contributed by atoms with Crippen LogP contribution in [0.1, 0.15) is 125 Å². The van der Waals surface area contributed by atoms with E-state index >= 15 is 4.39 Å². The molecule has 2 N–H and O–H groups in total. The fraction of sp³-hybridized carbons (Fsp3) is 0.667. The van der Waals surface area contributed by atoms with E-state index in [-0.39, 0.29) is 28.9 Å². The summed E-state index contributed by atoms with van der Waals surface area (Å²) in [6.07, 6.45) is 11.5. The molecule has 0 aliphatic heterocycles. The van der Waals surface area contributed by atoms with Crippen molar-refractivity contribution in [1.82, 2.24) is 4.90 Å². The minimum Gasteiger partial charge on any atom is -0.508 e. The summed E-state index contributed by atoms with van der Waals surface area (Å²) in [5.74, 6) is 1.94. The van der Waals surface area contributed by atoms with Crippen molar-refractivity contribution in [2.75, 3.05) is 19.7 Å². The van der Waals surface area contributed by atoms with Crippen molar-refractivity contribution in [3.05, 3.63) is 59.2 Å². The maximum Gasteiger partial charge on any atom is 0.253 e. The van der Waals surface area contributed by atoms with Gasteiger partial charge in [0.25, 0.3) is 5.91 Å². The first-order valence-electron chi connectivity index (χ1n) is 17.9. The fourth-order valence-corrected chi connectivity index (χ4v) is 9.18. The number of aliphatic hydroxyl groups excluding tert-OH is 1. The SMILES string of the molecule is CCCCCCN(CCCCCC[C@@H]1Cc2cc(O)ccc2C2C1C1CC[C@H](O)[C@@]1(C)C[C@@H]2F)C(=O)c1ccc(OCC)cc1. The molecule has 248 valence electrons. The van der Waals surface area contributed by atoms with Gasteiger partial charge in [0.05, 0.1) is 12.7 Å². The number of phenolic OH excluding ortho intramolecular Hbond substituents is 1. The molecular formula is C39H56FNO4. The number of benzene rings is 2. The highest BCUT2D eigenvalue weighted by atomic mass is 19.1. The van der Waals surface area contributed by atoms with Crippen LogP contribution in [0.25, 0.3) is 0 Å². The summed E-state index contributed by atoms with van der Waals surface area (Å²) in [5, 5.41) is 21.2. The summed E-state index contributed by atoms with van der Waals surface area (Å²) >= 11 is 0. The number of halogens is 1. The van der Waals surface area contributed by atoms with Crippen LogP contribution in [0.3, 0.4) is 0 Å². The molecule has 1 amide bonds. The third kappa shape index (κ3) is 7.53. The van der Waals surface area contributed by atoms with Crippen LogP contribution in [-0.2, 0) is 6.42 Å². The standard InChI is InChI=1S/C39H56FNO4/c1-4-6-7-11-22-41(38(44)27-14-17-31(18-15-27)45-5-2)23-12-9-8-10-13-28-24-29-25-30(42)16-19-32(29)37-34(40)26-39(3)33(36(28)37)20-21-35(39)43/h14-19,25,28,33-37,42-43H,4-13,20-24,26H2,1-3H3/t28-,33?,34+,35+,36?,37?,39+/m1/s1. The number of aliphatic hydroxyl groups is 1. The van der Waals surface area contributed by atoms with Crippen LogP contribution < -0.4 is 4.74 Å². The van der Waals surface area contributed by atoms with E-state index in [0.29, 0.717) is 24.9 Å². The molecule has 5 rings (SSSR count). The quantitative estimate of drug-likeness (QED) is 0.195. The molecule has 45 heavy (non-hydrogen) atoms. The van der Waals surface area contributed by atoms with Gasteiger partial charge in [-0.05, 0) is 123 Å². The van der Waals surface area contributed by atoms with Gasteiger partial charge in [-0.2, -0.15) is 0 Å². The molecule has 6 heteroatoms. The number of aromatic hydroxyl groups is 1. The third-order valence-corrected chi connectivity index (χ3v) is 11.5. The zero-order chi connectivity index (χ0) is 32.0. The highest BCUT2D eigenvalue weighted by molar-refractivity contribution is 5.94. The van der Waals surface area contributed by atoms with Gasteiger partial charge in [0, 0.05) is 24.6 Å². The lowest BCUT2D eigenvalue weighted by Crippen LogP contribution is -2.51. The van der Waals surface area contributed by atoms with Crippen molar-refractivity contribution in [2.45, 2.75) is 122 Å². The van der Waals surface area contributed by atoms with Gasteiger partial charge in [-0.25, -0.2) is 4.39 Å². The van der Waals surface area contributed by atoms with Gasteiger partial charge in [0.1, 0.15) is 17.7 Å². The Kier molecular flexibility index (Phi) is 11.5. The monoisotopic (exact) mass is 621 g/mol. The minimum atomic E-state index is -0.966. The van der Waals surface area contributed by atoms with E-state index in [0.717, 1.165) is 99.7 Å². The van der Waals surface area contributed by atoms with E-state index in [1.807, 2.05) is 48.2 Å². The molecule has 0 heterocycles. The second kappa shape index (κ2) is 15.3. The Balaban J connectivity index is 1.18. The molecule has 5 nitrogen and oxygen atoms in total. The van der Waals surface area contributed by atoms with Gasteiger partial charge in [-0.3, -0.25) is 4.79 Å². The van der Waals surface area contributed by atoms with Crippen LogP contribution >= 0.6 is 0 Å². The van der Waals surface area contributed by atoms with Crippen LogP contribution in [0.5, 0.6) is 11.5 Å². The van der Waals surface area contributed by atoms with Gasteiger partial charge in [-0.1, -0.05) is 58.4 Å². The number of phenols is 1. The van der Waals surface area contributed by atoms with Crippen molar-refractivity contribution in [2.24, 2.45) is 23.2 Å². The second-order valence-electron chi connectivity index (χ2n) is 14.4. The number of carbonyl (C=O) groups is 1. The van der Waals surface area contributed by atoms with Crippen LogP contribution in [-0.4, -0.2) is 53.0 Å². The summed E-state index contributed by atoms with van der Waals surface area (Å²) in [5.41, 5.74) is 2.57. The first-order valence-corrected chi connectivity index (χ1v) is 17.9. The zero-order valence-corrected chi connectivity index (χ0v) is 27.9. The summed E-state index contributed by atoms with van der Waals surface area (Å²) in [4.78, 5) is 15.5. The number of ether oxygens (including phenoxy) is 1. The van der Waals surface area contributed by atoms with Gasteiger partial charge in [0.2, 0.25) is 0 Å². The Labute approximate surface area is 270 Å². The molecule has 0 radical (unpaired) electrons. The van der Waals surface area contributed by atoms with E-state index in [4.69, 9.17) is 4.74 Å². The molecule has 2 saturated carbocycles. The number of hydrogen-bond acceptors (Lipinski definition) is 4. The van der Waals surface area contributed by atoms with Crippen LogP contribution in [0.2, 0.25) is 0 Å². The highest BCUT2D eigenvalue weighted by Crippen LogP contribution is 2.63. The number of carbonyl (C=O) groups excluding carboxylic acids is 1. The van der Waals surface area contributed by atoms with E-state index in [1.54, 1.807) is 6.07 Å². The van der Waals surface area contributed by atoms with Gasteiger partial charge >= 0.3 is 0 Å². The van der Waals surface area contributed by atoms with Crippen LogP contribution in [0.4, 0.5) is 4.39 Å². The topological polar surface area (TPSA) is 70.0 Å². The molecule has 0 spiro atoms. The van der Waals surface area contributed by atoms with Crippen LogP contribution in [0, 0.1) is 23.2 Å². The first-order chi connectivity index (χ1) is 21.8. The number of rotatable bonds is 15. The van der Waals surface area contributed by atoms with E-state index < -0.39 is 12.3 Å². The predicted octanol–water partition coefficient (Wildman–Crippen LogP) is 8.86. The largest absolute Gasteiger partial charge is 0.508 e. The summed E-state index contributed by atoms with van der Waals surface area (Å²) in [7, 11) is 0. The van der Waals surface area contributed by atoms with Crippen molar-refractivity contribution in [1.29, 1.82) is 0 Å². The van der Waals surface area contributed by atoms with Crippen LogP contribution in [0.15, 0.2) is 42.5 Å². The number of alkyl halides is 1. The van der Waals surface area contributed by atoms with Crippen molar-refractivity contribution in [3.63, 3.8) is 0 Å². The lowest BCUT2D eigenvalue weighted by atomic mass is 9.51. The van der Waals surface area contributed by atoms with Crippen molar-refractivity contribution >= 4 is 5.91 Å². The first kappa shape index (κ1) is 33.8. The second-order valence-corrected chi connectivity index (χ2v) is 14.4. The van der Waals surface area contributed by atoms with E-state index in [2.05, 4.69) is 13.8 Å². The molecule has 2 fully saturated rings. The Hall–Kier alpha value is -2.60.